The number of benzene rings is 2. The summed E-state index contributed by atoms with van der Waals surface area (Å²) in [7, 11) is -2.19. The maximum atomic E-state index is 14.1. The predicted molar refractivity (Wildman–Crippen MR) is 182 cm³/mol. The van der Waals surface area contributed by atoms with Crippen LogP contribution in [-0.2, 0) is 30.7 Å². The van der Waals surface area contributed by atoms with E-state index in [-0.39, 0.29) is 48.9 Å². The van der Waals surface area contributed by atoms with Crippen LogP contribution in [0.25, 0.3) is 10.2 Å². The van der Waals surface area contributed by atoms with Crippen molar-refractivity contribution in [3.63, 3.8) is 0 Å². The smallest absolute Gasteiger partial charge is 0.407 e. The van der Waals surface area contributed by atoms with E-state index in [2.05, 4.69) is 34.8 Å². The molecule has 0 spiro atoms. The van der Waals surface area contributed by atoms with Crippen LogP contribution in [0.5, 0.6) is 0 Å². The van der Waals surface area contributed by atoms with Gasteiger partial charge in [-0.05, 0) is 49.1 Å². The van der Waals surface area contributed by atoms with Crippen molar-refractivity contribution in [3.05, 3.63) is 54.1 Å². The van der Waals surface area contributed by atoms with Crippen LogP contribution >= 0.6 is 11.3 Å². The number of amides is 1. The number of hydrogen-bond donors (Lipinski definition) is 4. The molecule has 3 heterocycles. The Balaban J connectivity index is 1.34. The number of rotatable bonds is 15. The standard InChI is InChI=1S/C33H47N5O7S2/c1-20(2)15-35-32-36-24-12-11-23(14-29(24)46-32)47(41,42)38(16-21(3)4)17-27(39)25(13-22-9-7-6-8-10-22)37-33(40)45-28-19-44-31-30(28)26(34-5)18-43-31/h6-12,14,20-21,25-28,30-31,34,39H,13,15-19H2,1-5H3,(H,35,36)(H,37,40)/t25-,26-,27+,28-,30-,31+/m0/s1. The van der Waals surface area contributed by atoms with Gasteiger partial charge in [-0.15, -0.1) is 0 Å². The Labute approximate surface area is 281 Å². The molecular formula is C33H47N5O7S2. The lowest BCUT2D eigenvalue weighted by atomic mass is 9.98. The van der Waals surface area contributed by atoms with E-state index in [4.69, 9.17) is 14.2 Å². The third-order valence-corrected chi connectivity index (χ3v) is 11.2. The van der Waals surface area contributed by atoms with E-state index in [1.54, 1.807) is 18.2 Å². The number of carbonyl (C=O) groups excluding carboxylic acids is 1. The highest BCUT2D eigenvalue weighted by atomic mass is 32.2. The summed E-state index contributed by atoms with van der Waals surface area (Å²) < 4.78 is 47.4. The second-order valence-corrected chi connectivity index (χ2v) is 16.1. The van der Waals surface area contributed by atoms with Crippen molar-refractivity contribution in [1.29, 1.82) is 0 Å². The summed E-state index contributed by atoms with van der Waals surface area (Å²) in [6.07, 6.45) is -2.67. The second-order valence-electron chi connectivity index (χ2n) is 13.1. The van der Waals surface area contributed by atoms with Gasteiger partial charge in [0.2, 0.25) is 10.0 Å². The van der Waals surface area contributed by atoms with Crippen LogP contribution in [0.2, 0.25) is 0 Å². The normalized spacial score (nSPS) is 22.6. The Kier molecular flexibility index (Phi) is 11.8. The Morgan fingerprint density at radius 2 is 1.83 bits per heavy atom. The lowest BCUT2D eigenvalue weighted by Crippen LogP contribution is -2.52. The number of likely N-dealkylation sites (N-methyl/N-ethyl adjacent to an activating group) is 1. The Hall–Kier alpha value is -2.85. The number of fused-ring (bicyclic) bond motifs is 2. The number of nitrogens with zero attached hydrogens (tertiary/aromatic N) is 2. The molecule has 1 amide bonds. The van der Waals surface area contributed by atoms with E-state index < -0.39 is 40.7 Å². The van der Waals surface area contributed by atoms with Crippen LogP contribution in [0.1, 0.15) is 33.3 Å². The zero-order chi connectivity index (χ0) is 33.7. The van der Waals surface area contributed by atoms with Crippen molar-refractivity contribution >= 4 is 42.8 Å². The molecule has 2 aliphatic rings. The largest absolute Gasteiger partial charge is 0.443 e. The van der Waals surface area contributed by atoms with Crippen LogP contribution in [-0.4, -0.2) is 99.4 Å². The highest BCUT2D eigenvalue weighted by Gasteiger charge is 2.49. The maximum absolute atomic E-state index is 14.1. The van der Waals surface area contributed by atoms with Crippen LogP contribution in [0.15, 0.2) is 53.4 Å². The number of aliphatic hydroxyl groups is 1. The van der Waals surface area contributed by atoms with Crippen molar-refractivity contribution in [3.8, 4) is 0 Å². The minimum atomic E-state index is -4.02. The summed E-state index contributed by atoms with van der Waals surface area (Å²) in [4.78, 5) is 18.0. The summed E-state index contributed by atoms with van der Waals surface area (Å²) in [6.45, 7) is 9.43. The molecular weight excluding hydrogens is 643 g/mol. The molecule has 2 fully saturated rings. The number of aliphatic hydroxyl groups excluding tert-OH is 1. The minimum Gasteiger partial charge on any atom is -0.443 e. The number of anilines is 1. The number of hydrogen-bond acceptors (Lipinski definition) is 11. The van der Waals surface area contributed by atoms with Gasteiger partial charge in [0, 0.05) is 25.7 Å². The molecule has 2 saturated heterocycles. The van der Waals surface area contributed by atoms with Gasteiger partial charge in [-0.1, -0.05) is 69.4 Å². The molecule has 14 heteroatoms. The van der Waals surface area contributed by atoms with Gasteiger partial charge in [-0.3, -0.25) is 0 Å². The quantitative estimate of drug-likeness (QED) is 0.186. The number of nitrogens with one attached hydrogen (secondary N) is 3. The minimum absolute atomic E-state index is 0.0205. The first-order valence-electron chi connectivity index (χ1n) is 16.2. The van der Waals surface area contributed by atoms with Gasteiger partial charge in [-0.25, -0.2) is 18.2 Å². The topological polar surface area (TPSA) is 151 Å². The number of ether oxygens (including phenoxy) is 3. The number of sulfonamides is 1. The fourth-order valence-corrected chi connectivity index (χ4v) is 8.60. The molecule has 1 aromatic heterocycles. The van der Waals surface area contributed by atoms with Crippen molar-refractivity contribution in [2.75, 3.05) is 45.2 Å². The zero-order valence-electron chi connectivity index (χ0n) is 27.6. The number of aromatic nitrogens is 1. The van der Waals surface area contributed by atoms with Crippen LogP contribution in [0.3, 0.4) is 0 Å². The second kappa shape index (κ2) is 15.6. The Bertz CT molecular complexity index is 1590. The molecule has 258 valence electrons. The first-order chi connectivity index (χ1) is 22.4. The van der Waals surface area contributed by atoms with E-state index in [1.807, 2.05) is 51.2 Å². The van der Waals surface area contributed by atoms with Crippen LogP contribution in [0.4, 0.5) is 9.93 Å². The van der Waals surface area contributed by atoms with Gasteiger partial charge in [0.25, 0.3) is 0 Å². The summed E-state index contributed by atoms with van der Waals surface area (Å²) in [5.74, 6) is 0.256. The van der Waals surface area contributed by atoms with E-state index >= 15 is 0 Å². The lowest BCUT2D eigenvalue weighted by Gasteiger charge is -2.31. The first kappa shape index (κ1) is 35.5. The van der Waals surface area contributed by atoms with Gasteiger partial charge in [0.05, 0.1) is 46.4 Å². The number of alkyl carbamates (subject to hydrolysis) is 1. The van der Waals surface area contributed by atoms with Crippen LogP contribution < -0.4 is 16.0 Å². The molecule has 0 saturated carbocycles. The molecule has 4 N–H and O–H groups in total. The average molecular weight is 690 g/mol. The van der Waals surface area contributed by atoms with E-state index in [0.717, 1.165) is 21.9 Å². The van der Waals surface area contributed by atoms with E-state index in [0.29, 0.717) is 18.0 Å². The van der Waals surface area contributed by atoms with Gasteiger partial charge >= 0.3 is 6.09 Å². The number of carbonyl (C=O) groups is 1. The summed E-state index contributed by atoms with van der Waals surface area (Å²) in [5.41, 5.74) is 1.59. The molecule has 5 rings (SSSR count). The highest BCUT2D eigenvalue weighted by Crippen LogP contribution is 2.34. The molecule has 6 atom stereocenters. The third-order valence-electron chi connectivity index (χ3n) is 8.39. The molecule has 0 radical (unpaired) electrons. The maximum Gasteiger partial charge on any atom is 0.407 e. The molecule has 47 heavy (non-hydrogen) atoms. The molecule has 2 aromatic carbocycles. The predicted octanol–water partition coefficient (Wildman–Crippen LogP) is 3.67. The lowest BCUT2D eigenvalue weighted by molar-refractivity contribution is -0.0908. The van der Waals surface area contributed by atoms with Crippen molar-refractivity contribution in [2.45, 2.75) is 69.6 Å². The monoisotopic (exact) mass is 689 g/mol. The van der Waals surface area contributed by atoms with Gasteiger partial charge in [-0.2, -0.15) is 4.31 Å². The van der Waals surface area contributed by atoms with Gasteiger partial charge in [0.15, 0.2) is 11.4 Å². The zero-order valence-corrected chi connectivity index (χ0v) is 29.2. The first-order valence-corrected chi connectivity index (χ1v) is 18.4. The van der Waals surface area contributed by atoms with Crippen molar-refractivity contribution in [2.24, 2.45) is 17.8 Å². The SMILES string of the molecule is CN[C@H]1CO[C@@H]2OC[C@H](OC(=O)N[C@@H](Cc3ccccc3)[C@H](O)CN(CC(C)C)S(=O)(=O)c3ccc4nc(NCC(C)C)sc4c3)[C@@H]21. The fraction of sp³-hybridized carbons (Fsp3) is 0.576. The number of thiazole rings is 1. The summed E-state index contributed by atoms with van der Waals surface area (Å²) >= 11 is 1.41. The Morgan fingerprint density at radius 3 is 2.53 bits per heavy atom. The molecule has 3 aromatic rings. The van der Waals surface area contributed by atoms with E-state index in [9.17, 15) is 18.3 Å². The highest BCUT2D eigenvalue weighted by molar-refractivity contribution is 7.89. The van der Waals surface area contributed by atoms with E-state index in [1.165, 1.54) is 15.6 Å². The molecule has 0 unspecified atom stereocenters. The fourth-order valence-electron chi connectivity index (χ4n) is 5.96. The van der Waals surface area contributed by atoms with Crippen molar-refractivity contribution in [1.82, 2.24) is 19.9 Å². The average Bonchev–Trinajstić information content (AvgIpc) is 3.75. The van der Waals surface area contributed by atoms with Gasteiger partial charge in [0.1, 0.15) is 6.10 Å². The molecule has 0 aliphatic carbocycles. The molecule has 12 nitrogen and oxygen atoms in total. The summed E-state index contributed by atoms with van der Waals surface area (Å²) in [5, 5.41) is 21.7. The van der Waals surface area contributed by atoms with Gasteiger partial charge < -0.3 is 35.3 Å². The van der Waals surface area contributed by atoms with Crippen LogP contribution in [0, 0.1) is 17.8 Å². The third kappa shape index (κ3) is 8.79. The molecule has 0 bridgehead atoms. The molecule has 2 aliphatic heterocycles. The van der Waals surface area contributed by atoms with Crippen molar-refractivity contribution < 1.29 is 32.5 Å². The summed E-state index contributed by atoms with van der Waals surface area (Å²) in [6, 6.07) is 13.5. The Morgan fingerprint density at radius 1 is 1.09 bits per heavy atom.